The zero-order chi connectivity index (χ0) is 27.4. The van der Waals surface area contributed by atoms with Gasteiger partial charge in [0.15, 0.2) is 17.9 Å². The number of nitrogens with one attached hydrogen (secondary N) is 1. The van der Waals surface area contributed by atoms with E-state index in [0.717, 1.165) is 12.0 Å². The molecule has 0 unspecified atom stereocenters. The number of anilines is 2. The normalized spacial score (nSPS) is 18.5. The Labute approximate surface area is 217 Å². The number of aromatic nitrogens is 2. The highest BCUT2D eigenvalue weighted by molar-refractivity contribution is 5.95. The lowest BCUT2D eigenvalue weighted by atomic mass is 9.97. The van der Waals surface area contributed by atoms with Crippen LogP contribution in [0.5, 0.6) is 5.75 Å². The van der Waals surface area contributed by atoms with Crippen LogP contribution in [0, 0.1) is 5.41 Å². The number of alkyl halides is 2. The molecule has 202 valence electrons. The Balaban J connectivity index is 0.000000356. The molecule has 1 amide bonds. The highest BCUT2D eigenvalue weighted by atomic mass is 19.3. The molecule has 0 saturated carbocycles. The number of carbonyl (C=O) groups is 2. The predicted octanol–water partition coefficient (Wildman–Crippen LogP) is 4.72. The van der Waals surface area contributed by atoms with E-state index in [9.17, 15) is 18.4 Å². The molecule has 0 bridgehead atoms. The second kappa shape index (κ2) is 11.1. The molecule has 2 aromatic heterocycles. The number of carbonyl (C=O) groups excluding carboxylic acids is 2. The van der Waals surface area contributed by atoms with Crippen molar-refractivity contribution < 1.29 is 23.1 Å². The average Bonchev–Trinajstić information content (AvgIpc) is 2.83. The second-order valence-electron chi connectivity index (χ2n) is 11.5. The molecule has 1 saturated heterocycles. The molecular formula is C27H37F2N5O3. The highest BCUT2D eigenvalue weighted by Gasteiger charge is 2.34. The molecule has 37 heavy (non-hydrogen) atoms. The maximum Gasteiger partial charge on any atom is 0.252 e. The van der Waals surface area contributed by atoms with E-state index in [2.05, 4.69) is 36.1 Å². The molecule has 2 aliphatic rings. The summed E-state index contributed by atoms with van der Waals surface area (Å²) in [6.45, 7) is 12.3. The van der Waals surface area contributed by atoms with Crippen LogP contribution < -0.4 is 15.0 Å². The number of piperidine rings is 1. The number of hydrogen-bond donors (Lipinski definition) is 1. The fourth-order valence-corrected chi connectivity index (χ4v) is 3.89. The van der Waals surface area contributed by atoms with Gasteiger partial charge in [-0.1, -0.05) is 20.8 Å². The van der Waals surface area contributed by atoms with Crippen molar-refractivity contribution in [2.45, 2.75) is 59.0 Å². The van der Waals surface area contributed by atoms with Crippen molar-refractivity contribution in [1.29, 1.82) is 0 Å². The maximum atomic E-state index is 12.5. The van der Waals surface area contributed by atoms with Crippen LogP contribution in [0.4, 0.5) is 20.3 Å². The number of aldehydes is 1. The third-order valence-electron chi connectivity index (χ3n) is 5.97. The molecule has 1 N–H and O–H groups in total. The Morgan fingerprint density at radius 1 is 1.16 bits per heavy atom. The number of nitrogens with zero attached hydrogens (tertiary/aromatic N) is 4. The second-order valence-corrected chi connectivity index (χ2v) is 11.5. The molecule has 4 heterocycles. The van der Waals surface area contributed by atoms with E-state index in [1.807, 2.05) is 30.7 Å². The maximum absolute atomic E-state index is 12.5. The first-order chi connectivity index (χ1) is 17.2. The van der Waals surface area contributed by atoms with Crippen LogP contribution in [-0.4, -0.2) is 71.8 Å². The number of rotatable bonds is 4. The number of halogens is 2. The minimum absolute atomic E-state index is 0.00587. The van der Waals surface area contributed by atoms with Crippen molar-refractivity contribution in [3.63, 3.8) is 0 Å². The molecule has 8 nitrogen and oxygen atoms in total. The SMILES string of the molecule is CC(C)(C)CNC(=O)c1cncc(N2CC(C)(C)Oc3cc(C=O)cnc32)c1.CN1CCC(F)(F)CC1. The van der Waals surface area contributed by atoms with E-state index >= 15 is 0 Å². The van der Waals surface area contributed by atoms with Gasteiger partial charge < -0.3 is 19.9 Å². The Bertz CT molecular complexity index is 1110. The fourth-order valence-electron chi connectivity index (χ4n) is 3.89. The highest BCUT2D eigenvalue weighted by Crippen LogP contribution is 2.39. The number of amides is 1. The van der Waals surface area contributed by atoms with Gasteiger partial charge in [-0.3, -0.25) is 14.6 Å². The Kier molecular flexibility index (Phi) is 8.52. The standard InChI is InChI=1S/C21H26N4O3.C6H11F2N/c1-20(2,3)12-24-19(27)15-7-16(10-22-9-15)25-13-21(4,5)28-17-6-14(11-26)8-23-18(17)25;1-9-4-2-6(7,8)3-5-9/h6-11H,12-13H2,1-5H3,(H,24,27);2-5H2,1H3. The average molecular weight is 518 g/mol. The van der Waals surface area contributed by atoms with Gasteiger partial charge in [-0.25, -0.2) is 13.8 Å². The summed E-state index contributed by atoms with van der Waals surface area (Å²) >= 11 is 0. The Morgan fingerprint density at radius 2 is 1.84 bits per heavy atom. The lowest BCUT2D eigenvalue weighted by Crippen LogP contribution is -2.45. The number of ether oxygens (including phenoxy) is 1. The van der Waals surface area contributed by atoms with Gasteiger partial charge >= 0.3 is 0 Å². The number of pyridine rings is 2. The van der Waals surface area contributed by atoms with E-state index in [0.29, 0.717) is 48.9 Å². The summed E-state index contributed by atoms with van der Waals surface area (Å²) in [7, 11) is 1.87. The van der Waals surface area contributed by atoms with Crippen LogP contribution >= 0.6 is 0 Å². The molecule has 4 rings (SSSR count). The predicted molar refractivity (Wildman–Crippen MR) is 139 cm³/mol. The van der Waals surface area contributed by atoms with E-state index in [1.165, 1.54) is 6.20 Å². The third kappa shape index (κ3) is 8.18. The summed E-state index contributed by atoms with van der Waals surface area (Å²) in [5.41, 5.74) is 1.17. The largest absolute Gasteiger partial charge is 0.482 e. The van der Waals surface area contributed by atoms with E-state index < -0.39 is 11.5 Å². The number of hydrogen-bond acceptors (Lipinski definition) is 7. The topological polar surface area (TPSA) is 87.7 Å². The van der Waals surface area contributed by atoms with Crippen molar-refractivity contribution in [2.24, 2.45) is 5.41 Å². The minimum atomic E-state index is -2.38. The first-order valence-electron chi connectivity index (χ1n) is 12.4. The molecule has 0 aromatic carbocycles. The Hall–Kier alpha value is -3.14. The molecule has 0 aliphatic carbocycles. The molecule has 0 atom stereocenters. The zero-order valence-electron chi connectivity index (χ0n) is 22.5. The van der Waals surface area contributed by atoms with E-state index in [-0.39, 0.29) is 24.2 Å². The van der Waals surface area contributed by atoms with E-state index in [1.54, 1.807) is 24.5 Å². The monoisotopic (exact) mass is 517 g/mol. The molecule has 2 aliphatic heterocycles. The van der Waals surface area contributed by atoms with Crippen LogP contribution in [0.15, 0.2) is 30.7 Å². The van der Waals surface area contributed by atoms with Crippen LogP contribution in [0.3, 0.4) is 0 Å². The molecule has 2 aromatic rings. The lowest BCUT2D eigenvalue weighted by molar-refractivity contribution is -0.0504. The first kappa shape index (κ1) is 28.4. The third-order valence-corrected chi connectivity index (χ3v) is 5.97. The summed E-state index contributed by atoms with van der Waals surface area (Å²) in [6, 6.07) is 3.47. The minimum Gasteiger partial charge on any atom is -0.482 e. The molecule has 0 spiro atoms. The van der Waals surface area contributed by atoms with Crippen LogP contribution in [-0.2, 0) is 0 Å². The quantitative estimate of drug-likeness (QED) is 0.587. The smallest absolute Gasteiger partial charge is 0.252 e. The molecule has 0 radical (unpaired) electrons. The van der Waals surface area contributed by atoms with Gasteiger partial charge in [0.2, 0.25) is 0 Å². The van der Waals surface area contributed by atoms with Crippen LogP contribution in [0.25, 0.3) is 0 Å². The summed E-state index contributed by atoms with van der Waals surface area (Å²) in [6.07, 6.45) is 5.56. The first-order valence-corrected chi connectivity index (χ1v) is 12.4. The molecule has 10 heteroatoms. The van der Waals surface area contributed by atoms with Gasteiger partial charge in [-0.15, -0.1) is 0 Å². The number of fused-ring (bicyclic) bond motifs is 1. The van der Waals surface area contributed by atoms with Gasteiger partial charge in [0.05, 0.1) is 24.0 Å². The van der Waals surface area contributed by atoms with Crippen LogP contribution in [0.1, 0.15) is 68.2 Å². The lowest BCUT2D eigenvalue weighted by Gasteiger charge is -2.39. The number of likely N-dealkylation sites (tertiary alicyclic amines) is 1. The van der Waals surface area contributed by atoms with Gasteiger partial charge in [-0.2, -0.15) is 0 Å². The van der Waals surface area contributed by atoms with Gasteiger partial charge in [0.1, 0.15) is 5.60 Å². The fraction of sp³-hybridized carbons (Fsp3) is 0.556. The summed E-state index contributed by atoms with van der Waals surface area (Å²) in [5, 5.41) is 2.94. The van der Waals surface area contributed by atoms with Gasteiger partial charge in [0.25, 0.3) is 11.8 Å². The molecule has 1 fully saturated rings. The van der Waals surface area contributed by atoms with Crippen molar-refractivity contribution >= 4 is 23.7 Å². The van der Waals surface area contributed by atoms with Crippen molar-refractivity contribution in [1.82, 2.24) is 20.2 Å². The summed E-state index contributed by atoms with van der Waals surface area (Å²) < 4.78 is 30.7. The van der Waals surface area contributed by atoms with E-state index in [4.69, 9.17) is 4.74 Å². The van der Waals surface area contributed by atoms with Crippen molar-refractivity contribution in [3.8, 4) is 5.75 Å². The Morgan fingerprint density at radius 3 is 2.43 bits per heavy atom. The van der Waals surface area contributed by atoms with Gasteiger partial charge in [0, 0.05) is 50.4 Å². The summed E-state index contributed by atoms with van der Waals surface area (Å²) in [4.78, 5) is 36.2. The zero-order valence-corrected chi connectivity index (χ0v) is 22.5. The van der Waals surface area contributed by atoms with Crippen molar-refractivity contribution in [3.05, 3.63) is 41.9 Å². The van der Waals surface area contributed by atoms with Crippen molar-refractivity contribution in [2.75, 3.05) is 38.1 Å². The van der Waals surface area contributed by atoms with Gasteiger partial charge in [-0.05, 0) is 38.4 Å². The summed E-state index contributed by atoms with van der Waals surface area (Å²) in [5.74, 6) is -1.42. The molecular weight excluding hydrogens is 480 g/mol. The van der Waals surface area contributed by atoms with Crippen LogP contribution in [0.2, 0.25) is 0 Å².